The highest BCUT2D eigenvalue weighted by Gasteiger charge is 2.31. The number of nitrogens with zero attached hydrogens (tertiary/aromatic N) is 3. The van der Waals surface area contributed by atoms with Crippen LogP contribution in [0.3, 0.4) is 0 Å². The molecule has 0 saturated heterocycles. The molecule has 0 bridgehead atoms. The largest absolute Gasteiger partial charge is 0.330 e. The molecule has 0 aromatic carbocycles. The molecule has 17 heavy (non-hydrogen) atoms. The maximum Gasteiger partial charge on any atom is 0.111 e. The zero-order chi connectivity index (χ0) is 11.9. The van der Waals surface area contributed by atoms with Gasteiger partial charge < -0.3 is 10.3 Å². The zero-order valence-electron chi connectivity index (χ0n) is 10.2. The third-order valence-corrected chi connectivity index (χ3v) is 3.89. The fourth-order valence-electron chi connectivity index (χ4n) is 2.81. The molecule has 4 heteroatoms. The lowest BCUT2D eigenvalue weighted by Gasteiger charge is -2.22. The summed E-state index contributed by atoms with van der Waals surface area (Å²) in [5, 5.41) is 0. The minimum Gasteiger partial charge on any atom is -0.330 e. The van der Waals surface area contributed by atoms with Crippen molar-refractivity contribution in [3.63, 3.8) is 0 Å². The van der Waals surface area contributed by atoms with Crippen LogP contribution in [0.5, 0.6) is 0 Å². The zero-order valence-corrected chi connectivity index (χ0v) is 10.2. The third kappa shape index (κ3) is 1.82. The summed E-state index contributed by atoms with van der Waals surface area (Å²) >= 11 is 0. The molecule has 90 valence electrons. The normalized spacial score (nSPS) is 18.9. The first-order chi connectivity index (χ1) is 8.18. The average Bonchev–Trinajstić information content (AvgIpc) is 2.86. The lowest BCUT2D eigenvalue weighted by molar-refractivity contribution is 0.422. The Labute approximate surface area is 101 Å². The van der Waals surface area contributed by atoms with Crippen LogP contribution in [-0.2, 0) is 13.5 Å². The summed E-state index contributed by atoms with van der Waals surface area (Å²) in [6.45, 7) is 0. The number of fused-ring (bicyclic) bond motifs is 1. The summed E-state index contributed by atoms with van der Waals surface area (Å²) in [5.74, 6) is 1.08. The third-order valence-electron chi connectivity index (χ3n) is 3.89. The van der Waals surface area contributed by atoms with Crippen LogP contribution in [0.1, 0.15) is 31.5 Å². The van der Waals surface area contributed by atoms with E-state index in [0.29, 0.717) is 0 Å². The van der Waals surface area contributed by atoms with Gasteiger partial charge in [-0.05, 0) is 18.9 Å². The highest BCUT2D eigenvalue weighted by atomic mass is 15.1. The van der Waals surface area contributed by atoms with E-state index in [1.807, 2.05) is 19.3 Å². The molecule has 0 amide bonds. The van der Waals surface area contributed by atoms with Gasteiger partial charge in [0.15, 0.2) is 0 Å². The molecule has 3 rings (SSSR count). The number of aromatic nitrogens is 3. The van der Waals surface area contributed by atoms with E-state index in [1.165, 1.54) is 12.8 Å². The molecule has 2 N–H and O–H groups in total. The second-order valence-corrected chi connectivity index (χ2v) is 5.20. The Morgan fingerprint density at radius 1 is 1.41 bits per heavy atom. The predicted octanol–water partition coefficient (Wildman–Crippen LogP) is 1.78. The van der Waals surface area contributed by atoms with E-state index in [9.17, 15) is 0 Å². The highest BCUT2D eigenvalue weighted by molar-refractivity contribution is 5.74. The van der Waals surface area contributed by atoms with Crippen LogP contribution in [0.2, 0.25) is 0 Å². The van der Waals surface area contributed by atoms with Crippen LogP contribution < -0.4 is 5.73 Å². The van der Waals surface area contributed by atoms with E-state index in [4.69, 9.17) is 5.73 Å². The van der Waals surface area contributed by atoms with Gasteiger partial charge >= 0.3 is 0 Å². The Bertz CT molecular complexity index is 537. The standard InChI is InChI=1S/C13H18N4/c1-17-11-9-15-7-4-10(11)16-12(17)8-13(14)5-2-3-6-13/h4,7,9H,2-3,5-6,8,14H2,1H3. The second kappa shape index (κ2) is 3.81. The van der Waals surface area contributed by atoms with Crippen LogP contribution >= 0.6 is 0 Å². The van der Waals surface area contributed by atoms with Crippen molar-refractivity contribution in [1.29, 1.82) is 0 Å². The van der Waals surface area contributed by atoms with Crippen LogP contribution in [0.15, 0.2) is 18.5 Å². The van der Waals surface area contributed by atoms with Crippen molar-refractivity contribution in [3.8, 4) is 0 Å². The van der Waals surface area contributed by atoms with E-state index in [-0.39, 0.29) is 5.54 Å². The summed E-state index contributed by atoms with van der Waals surface area (Å²) in [6, 6.07) is 1.96. The number of nitrogens with two attached hydrogens (primary N) is 1. The van der Waals surface area contributed by atoms with Gasteiger partial charge in [0.1, 0.15) is 5.82 Å². The minimum atomic E-state index is -0.0391. The first-order valence-electron chi connectivity index (χ1n) is 6.22. The predicted molar refractivity (Wildman–Crippen MR) is 67.6 cm³/mol. The number of hydrogen-bond donors (Lipinski definition) is 1. The molecule has 1 fully saturated rings. The van der Waals surface area contributed by atoms with E-state index < -0.39 is 0 Å². The van der Waals surface area contributed by atoms with Gasteiger partial charge in [0.25, 0.3) is 0 Å². The van der Waals surface area contributed by atoms with Crippen molar-refractivity contribution in [2.75, 3.05) is 0 Å². The lowest BCUT2D eigenvalue weighted by atomic mass is 9.94. The maximum absolute atomic E-state index is 6.41. The van der Waals surface area contributed by atoms with Gasteiger partial charge in [-0.1, -0.05) is 12.8 Å². The van der Waals surface area contributed by atoms with Crippen LogP contribution in [0.25, 0.3) is 11.0 Å². The molecule has 2 aromatic heterocycles. The molecule has 0 unspecified atom stereocenters. The number of imidazole rings is 1. The van der Waals surface area contributed by atoms with Gasteiger partial charge in [0, 0.05) is 25.2 Å². The van der Waals surface area contributed by atoms with Crippen molar-refractivity contribution in [3.05, 3.63) is 24.3 Å². The smallest absolute Gasteiger partial charge is 0.111 e. The molecule has 0 aliphatic heterocycles. The van der Waals surface area contributed by atoms with Crippen molar-refractivity contribution >= 4 is 11.0 Å². The topological polar surface area (TPSA) is 56.7 Å². The van der Waals surface area contributed by atoms with E-state index in [1.54, 1.807) is 6.20 Å². The number of rotatable bonds is 2. The van der Waals surface area contributed by atoms with Gasteiger partial charge in [-0.25, -0.2) is 4.98 Å². The van der Waals surface area contributed by atoms with Crippen molar-refractivity contribution in [2.24, 2.45) is 12.8 Å². The summed E-state index contributed by atoms with van der Waals surface area (Å²) in [4.78, 5) is 8.81. The Morgan fingerprint density at radius 2 is 2.18 bits per heavy atom. The van der Waals surface area contributed by atoms with E-state index in [2.05, 4.69) is 14.5 Å². The first kappa shape index (κ1) is 10.7. The Kier molecular flexibility index (Phi) is 2.40. The minimum absolute atomic E-state index is 0.0391. The van der Waals surface area contributed by atoms with Crippen molar-refractivity contribution < 1.29 is 0 Å². The number of hydrogen-bond acceptors (Lipinski definition) is 3. The summed E-state index contributed by atoms with van der Waals surface area (Å²) in [6.07, 6.45) is 9.27. The summed E-state index contributed by atoms with van der Waals surface area (Å²) in [7, 11) is 2.05. The lowest BCUT2D eigenvalue weighted by Crippen LogP contribution is -2.39. The van der Waals surface area contributed by atoms with Crippen LogP contribution in [-0.4, -0.2) is 20.1 Å². The molecular formula is C13H18N4. The molecule has 0 radical (unpaired) electrons. The molecule has 2 aromatic rings. The molecule has 1 aliphatic rings. The highest BCUT2D eigenvalue weighted by Crippen LogP contribution is 2.30. The Morgan fingerprint density at radius 3 is 2.88 bits per heavy atom. The molecule has 2 heterocycles. The molecule has 1 saturated carbocycles. The quantitative estimate of drug-likeness (QED) is 0.855. The van der Waals surface area contributed by atoms with Crippen LogP contribution in [0.4, 0.5) is 0 Å². The van der Waals surface area contributed by atoms with Gasteiger partial charge in [0.2, 0.25) is 0 Å². The molecule has 0 spiro atoms. The molecule has 1 aliphatic carbocycles. The van der Waals surface area contributed by atoms with E-state index in [0.717, 1.165) is 36.1 Å². The van der Waals surface area contributed by atoms with Crippen molar-refractivity contribution in [1.82, 2.24) is 14.5 Å². The van der Waals surface area contributed by atoms with Crippen LogP contribution in [0, 0.1) is 0 Å². The summed E-state index contributed by atoms with van der Waals surface area (Å²) in [5.41, 5.74) is 8.47. The van der Waals surface area contributed by atoms with Crippen molar-refractivity contribution in [2.45, 2.75) is 37.6 Å². The Hall–Kier alpha value is -1.42. The fourth-order valence-corrected chi connectivity index (χ4v) is 2.81. The van der Waals surface area contributed by atoms with Gasteiger partial charge in [-0.15, -0.1) is 0 Å². The first-order valence-corrected chi connectivity index (χ1v) is 6.22. The SMILES string of the molecule is Cn1c(CC2(N)CCCC2)nc2ccncc21. The summed E-state index contributed by atoms with van der Waals surface area (Å²) < 4.78 is 2.12. The van der Waals surface area contributed by atoms with Gasteiger partial charge in [-0.2, -0.15) is 0 Å². The van der Waals surface area contributed by atoms with Gasteiger partial charge in [-0.3, -0.25) is 4.98 Å². The number of aryl methyl sites for hydroxylation is 1. The molecule has 0 atom stereocenters. The molecule has 4 nitrogen and oxygen atoms in total. The maximum atomic E-state index is 6.41. The monoisotopic (exact) mass is 230 g/mol. The molecular weight excluding hydrogens is 212 g/mol. The Balaban J connectivity index is 1.97. The van der Waals surface area contributed by atoms with Gasteiger partial charge in [0.05, 0.1) is 17.2 Å². The number of pyridine rings is 1. The second-order valence-electron chi connectivity index (χ2n) is 5.20. The average molecular weight is 230 g/mol. The van der Waals surface area contributed by atoms with E-state index >= 15 is 0 Å². The fraction of sp³-hybridized carbons (Fsp3) is 0.538.